The van der Waals surface area contributed by atoms with Gasteiger partial charge in [-0.05, 0) is 82.7 Å². The average molecular weight is 1030 g/mol. The number of nitrogens with zero attached hydrogens (tertiary/aromatic N) is 5. The number of fused-ring (bicyclic) bond motifs is 6. The molecular formula is C58H50N5OPt-. The van der Waals surface area contributed by atoms with E-state index < -0.39 is 6.85 Å². The summed E-state index contributed by atoms with van der Waals surface area (Å²) < 4.78 is 37.9. The Morgan fingerprint density at radius 3 is 2.03 bits per heavy atom. The normalized spacial score (nSPS) is 18.8. The third-order valence-corrected chi connectivity index (χ3v) is 13.6. The summed E-state index contributed by atoms with van der Waals surface area (Å²) in [4.78, 5) is 4.96. The van der Waals surface area contributed by atoms with E-state index in [1.54, 1.807) is 6.07 Å². The molecule has 2 bridgehead atoms. The fourth-order valence-electron chi connectivity index (χ4n) is 10.4. The van der Waals surface area contributed by atoms with Crippen LogP contribution in [0.3, 0.4) is 0 Å². The van der Waals surface area contributed by atoms with Crippen LogP contribution in [0.4, 0.5) is 22.7 Å². The summed E-state index contributed by atoms with van der Waals surface area (Å²) in [7, 11) is 0. The maximum absolute atomic E-state index is 8.63. The number of benzene rings is 7. The number of hydrogen-bond acceptors (Lipinski definition) is 2. The molecule has 0 N–H and O–H groups in total. The van der Waals surface area contributed by atoms with Gasteiger partial charge < -0.3 is 18.4 Å². The SMILES string of the molecule is [2H]C([2H])([2H])c1cccc2c1[N@@+]1(c3cccc(C(C)(C)C)c3)[CH-][N@+]2(c2[c-]c(Oc3[c-]c4c(cc3)c3cc(-n5c6ccccc6c6ccccc65)ccc3n4-c3cc(C(C)(C)C)ccn3)ccc2)C1.[Pt]. The number of aromatic nitrogens is 3. The van der Waals surface area contributed by atoms with E-state index in [9.17, 15) is 0 Å². The van der Waals surface area contributed by atoms with Crippen molar-refractivity contribution < 1.29 is 29.9 Å². The zero-order valence-electron chi connectivity index (χ0n) is 40.3. The van der Waals surface area contributed by atoms with Gasteiger partial charge in [-0.15, -0.1) is 29.7 Å². The van der Waals surface area contributed by atoms with E-state index in [1.165, 1.54) is 21.9 Å². The van der Waals surface area contributed by atoms with E-state index in [4.69, 9.17) is 13.8 Å². The molecular weight excluding hydrogens is 978 g/mol. The van der Waals surface area contributed by atoms with Crippen LogP contribution in [0.15, 0.2) is 158 Å². The Hall–Kier alpha value is -6.30. The molecule has 0 spiro atoms. The van der Waals surface area contributed by atoms with E-state index in [0.717, 1.165) is 67.1 Å². The molecule has 2 atom stereocenters. The van der Waals surface area contributed by atoms with Gasteiger partial charge >= 0.3 is 0 Å². The number of para-hydroxylation sites is 3. The van der Waals surface area contributed by atoms with Gasteiger partial charge in [0.2, 0.25) is 0 Å². The Morgan fingerprint density at radius 2 is 1.29 bits per heavy atom. The van der Waals surface area contributed by atoms with E-state index in [-0.39, 0.29) is 31.9 Å². The molecule has 7 aromatic carbocycles. The maximum atomic E-state index is 8.63. The minimum absolute atomic E-state index is 0. The monoisotopic (exact) mass is 1030 g/mol. The van der Waals surface area contributed by atoms with Crippen LogP contribution in [0, 0.1) is 25.7 Å². The molecule has 0 radical (unpaired) electrons. The molecule has 7 heteroatoms. The molecule has 324 valence electrons. The van der Waals surface area contributed by atoms with E-state index in [0.29, 0.717) is 32.7 Å². The number of pyridine rings is 1. The number of rotatable bonds is 6. The van der Waals surface area contributed by atoms with Crippen molar-refractivity contribution in [1.29, 1.82) is 0 Å². The number of hydrogen-bond donors (Lipinski definition) is 0. The van der Waals surface area contributed by atoms with Crippen LogP contribution in [0.1, 0.15) is 62.3 Å². The third kappa shape index (κ3) is 6.22. The summed E-state index contributed by atoms with van der Waals surface area (Å²) >= 11 is 0. The van der Waals surface area contributed by atoms with Crippen molar-refractivity contribution in [2.24, 2.45) is 0 Å². The Labute approximate surface area is 399 Å². The molecule has 3 aromatic heterocycles. The summed E-state index contributed by atoms with van der Waals surface area (Å²) in [6.07, 6.45) is 1.90. The van der Waals surface area contributed by atoms with Gasteiger partial charge in [0.25, 0.3) is 0 Å². The van der Waals surface area contributed by atoms with Gasteiger partial charge in [-0.2, -0.15) is 12.1 Å². The smallest absolute Gasteiger partial charge is 0.184 e. The first-order valence-electron chi connectivity index (χ1n) is 23.6. The van der Waals surface area contributed by atoms with Gasteiger partial charge in [-0.1, -0.05) is 114 Å². The van der Waals surface area contributed by atoms with Crippen LogP contribution in [0.2, 0.25) is 0 Å². The molecule has 3 aliphatic rings. The first-order valence-corrected chi connectivity index (χ1v) is 22.1. The minimum atomic E-state index is -2.30. The molecule has 0 aliphatic carbocycles. The Bertz CT molecular complexity index is 3610. The zero-order valence-corrected chi connectivity index (χ0v) is 39.5. The van der Waals surface area contributed by atoms with E-state index in [1.807, 2.05) is 30.5 Å². The van der Waals surface area contributed by atoms with Crippen molar-refractivity contribution in [2.45, 2.75) is 59.2 Å². The number of quaternary nitrogens is 2. The van der Waals surface area contributed by atoms with Gasteiger partial charge in [0.05, 0.1) is 17.7 Å². The maximum Gasteiger partial charge on any atom is 0.184 e. The first-order chi connectivity index (χ1) is 32.0. The van der Waals surface area contributed by atoms with Crippen LogP contribution in [-0.4, -0.2) is 20.8 Å². The molecule has 0 unspecified atom stereocenters. The molecule has 3 aliphatic heterocycles. The van der Waals surface area contributed by atoms with Crippen molar-refractivity contribution in [3.63, 3.8) is 0 Å². The Morgan fingerprint density at radius 1 is 0.615 bits per heavy atom. The van der Waals surface area contributed by atoms with Gasteiger partial charge in [-0.3, -0.25) is 4.48 Å². The summed E-state index contributed by atoms with van der Waals surface area (Å²) in [6, 6.07) is 59.9. The molecule has 13 rings (SSSR count). The van der Waals surface area contributed by atoms with Crippen molar-refractivity contribution in [3.05, 3.63) is 193 Å². The standard InChI is InChI=1S/C58H50N5O.Pt/c1-38-15-12-24-54-56(38)63(42-17-13-16-39(31-42)57(2,3)4)36-62(54,37-63)43-18-14-19-44(34-43)64-45-26-27-48-49-33-41(60-50-22-10-8-20-46(50)47-21-9-11-23-51(47)60)25-28-52(49)61(53(48)35-45)55-32-40(29-30-59-55)58(5,6)7;/h8-33,36H,37H2,1-7H3;/q-1;/t62-,63+;/m1./s1/i1D3;. The van der Waals surface area contributed by atoms with Crippen LogP contribution in [0.5, 0.6) is 11.5 Å². The molecule has 1 saturated heterocycles. The van der Waals surface area contributed by atoms with Gasteiger partial charge in [-0.25, -0.2) is 4.98 Å². The van der Waals surface area contributed by atoms with Crippen molar-refractivity contribution in [3.8, 4) is 23.0 Å². The van der Waals surface area contributed by atoms with Crippen molar-refractivity contribution in [1.82, 2.24) is 23.1 Å². The molecule has 6 nitrogen and oxygen atoms in total. The fourth-order valence-corrected chi connectivity index (χ4v) is 10.4. The topological polar surface area (TPSA) is 32.0 Å². The predicted molar refractivity (Wildman–Crippen MR) is 264 cm³/mol. The fraction of sp³-hybridized carbons (Fsp3) is 0.172. The second kappa shape index (κ2) is 14.6. The Kier molecular flexibility index (Phi) is 8.54. The van der Waals surface area contributed by atoms with Gasteiger partial charge in [0, 0.05) is 88.2 Å². The summed E-state index contributed by atoms with van der Waals surface area (Å²) in [5, 5.41) is 4.55. The summed E-state index contributed by atoms with van der Waals surface area (Å²) in [5.74, 6) is 1.89. The molecule has 0 saturated carbocycles. The van der Waals surface area contributed by atoms with Crippen LogP contribution in [0.25, 0.3) is 55.1 Å². The predicted octanol–water partition coefficient (Wildman–Crippen LogP) is 15.0. The molecule has 0 amide bonds. The van der Waals surface area contributed by atoms with Crippen molar-refractivity contribution >= 4 is 66.4 Å². The second-order valence-corrected chi connectivity index (χ2v) is 19.6. The Balaban J connectivity index is 0.00000507. The second-order valence-electron chi connectivity index (χ2n) is 19.6. The zero-order chi connectivity index (χ0) is 46.3. The van der Waals surface area contributed by atoms with Crippen LogP contribution in [-0.2, 0) is 31.9 Å². The average Bonchev–Trinajstić information content (AvgIpc) is 4.00. The molecule has 6 heterocycles. The van der Waals surface area contributed by atoms with Gasteiger partial charge in [0.15, 0.2) is 18.0 Å². The van der Waals surface area contributed by atoms with Gasteiger partial charge in [0.1, 0.15) is 11.5 Å². The number of ether oxygens (including phenoxy) is 1. The van der Waals surface area contributed by atoms with E-state index >= 15 is 0 Å². The largest absolute Gasteiger partial charge is 0.509 e. The summed E-state index contributed by atoms with van der Waals surface area (Å²) in [5.41, 5.74) is 11.5. The number of aryl methyl sites for hydroxylation is 1. The quantitative estimate of drug-likeness (QED) is 0.123. The first kappa shape index (κ1) is 38.0. The molecule has 10 aromatic rings. The summed E-state index contributed by atoms with van der Waals surface area (Å²) in [6.45, 7) is 13.8. The van der Waals surface area contributed by atoms with Crippen LogP contribution < -0.4 is 13.7 Å². The van der Waals surface area contributed by atoms with Crippen molar-refractivity contribution in [2.75, 3.05) is 6.67 Å². The third-order valence-electron chi connectivity index (χ3n) is 13.6. The molecule has 1 fully saturated rings. The minimum Gasteiger partial charge on any atom is -0.509 e. The van der Waals surface area contributed by atoms with Crippen LogP contribution >= 0.6 is 0 Å². The molecule has 65 heavy (non-hydrogen) atoms. The van der Waals surface area contributed by atoms with E-state index in [2.05, 4.69) is 191 Å².